The van der Waals surface area contributed by atoms with E-state index in [1.54, 1.807) is 24.1 Å². The molecule has 0 atom stereocenters. The zero-order chi connectivity index (χ0) is 18.4. The second kappa shape index (κ2) is 8.34. The second-order valence-electron chi connectivity index (χ2n) is 5.51. The van der Waals surface area contributed by atoms with Crippen molar-refractivity contribution in [3.05, 3.63) is 48.2 Å². The molecule has 1 aromatic carbocycles. The highest BCUT2D eigenvalue weighted by molar-refractivity contribution is 5.94. The van der Waals surface area contributed by atoms with Gasteiger partial charge in [0.1, 0.15) is 18.0 Å². The molecule has 0 saturated heterocycles. The SMILES string of the molecule is COCCNc1ncnc2c1cnn2CCNC(=O)c1cccc(F)c1. The highest BCUT2D eigenvalue weighted by atomic mass is 19.1. The van der Waals surface area contributed by atoms with Gasteiger partial charge in [0, 0.05) is 25.8 Å². The molecule has 2 N–H and O–H groups in total. The van der Waals surface area contributed by atoms with Crippen LogP contribution in [0.3, 0.4) is 0 Å². The number of nitrogens with zero attached hydrogens (tertiary/aromatic N) is 4. The van der Waals surface area contributed by atoms with Gasteiger partial charge in [-0.2, -0.15) is 5.10 Å². The number of amides is 1. The molecule has 0 fully saturated rings. The summed E-state index contributed by atoms with van der Waals surface area (Å²) in [6.45, 7) is 1.95. The third kappa shape index (κ3) is 4.12. The summed E-state index contributed by atoms with van der Waals surface area (Å²) in [5.74, 6) is -0.0967. The number of hydrogen-bond acceptors (Lipinski definition) is 6. The Morgan fingerprint density at radius 3 is 3.00 bits per heavy atom. The fourth-order valence-electron chi connectivity index (χ4n) is 2.48. The number of hydrogen-bond donors (Lipinski definition) is 2. The molecule has 136 valence electrons. The number of rotatable bonds is 8. The van der Waals surface area contributed by atoms with Gasteiger partial charge in [-0.3, -0.25) is 4.79 Å². The van der Waals surface area contributed by atoms with E-state index in [4.69, 9.17) is 4.74 Å². The average molecular weight is 358 g/mol. The highest BCUT2D eigenvalue weighted by Crippen LogP contribution is 2.18. The number of carbonyl (C=O) groups excluding carboxylic acids is 1. The number of carbonyl (C=O) groups is 1. The molecular formula is C17H19FN6O2. The summed E-state index contributed by atoms with van der Waals surface area (Å²) in [6, 6.07) is 5.56. The van der Waals surface area contributed by atoms with Crippen LogP contribution in [-0.4, -0.2) is 52.5 Å². The number of anilines is 1. The zero-order valence-corrected chi connectivity index (χ0v) is 14.3. The molecule has 1 amide bonds. The van der Waals surface area contributed by atoms with Gasteiger partial charge >= 0.3 is 0 Å². The van der Waals surface area contributed by atoms with E-state index < -0.39 is 5.82 Å². The van der Waals surface area contributed by atoms with E-state index in [2.05, 4.69) is 25.7 Å². The largest absolute Gasteiger partial charge is 0.383 e. The lowest BCUT2D eigenvalue weighted by molar-refractivity contribution is 0.0951. The Labute approximate surface area is 149 Å². The van der Waals surface area contributed by atoms with Gasteiger partial charge in [-0.15, -0.1) is 0 Å². The molecule has 0 unspecified atom stereocenters. The molecule has 0 spiro atoms. The maximum Gasteiger partial charge on any atom is 0.251 e. The fourth-order valence-corrected chi connectivity index (χ4v) is 2.48. The van der Waals surface area contributed by atoms with E-state index in [1.165, 1.54) is 24.5 Å². The highest BCUT2D eigenvalue weighted by Gasteiger charge is 2.10. The summed E-state index contributed by atoms with van der Waals surface area (Å²) >= 11 is 0. The summed E-state index contributed by atoms with van der Waals surface area (Å²) in [4.78, 5) is 20.5. The van der Waals surface area contributed by atoms with Crippen molar-refractivity contribution in [2.45, 2.75) is 6.54 Å². The molecule has 0 aliphatic rings. The van der Waals surface area contributed by atoms with Crippen LogP contribution < -0.4 is 10.6 Å². The van der Waals surface area contributed by atoms with Crippen molar-refractivity contribution in [3.63, 3.8) is 0 Å². The van der Waals surface area contributed by atoms with Crippen LogP contribution in [-0.2, 0) is 11.3 Å². The molecule has 8 nitrogen and oxygen atoms in total. The maximum absolute atomic E-state index is 13.2. The van der Waals surface area contributed by atoms with Gasteiger partial charge in [-0.25, -0.2) is 19.0 Å². The monoisotopic (exact) mass is 358 g/mol. The first-order valence-electron chi connectivity index (χ1n) is 8.12. The molecule has 3 aromatic rings. The first kappa shape index (κ1) is 17.7. The summed E-state index contributed by atoms with van der Waals surface area (Å²) < 4.78 is 19.9. The van der Waals surface area contributed by atoms with Gasteiger partial charge in [0.15, 0.2) is 5.65 Å². The summed E-state index contributed by atoms with van der Waals surface area (Å²) in [7, 11) is 1.63. The van der Waals surface area contributed by atoms with E-state index in [9.17, 15) is 9.18 Å². The minimum absolute atomic E-state index is 0.280. The van der Waals surface area contributed by atoms with E-state index in [0.29, 0.717) is 37.7 Å². The summed E-state index contributed by atoms with van der Waals surface area (Å²) in [5, 5.41) is 11.0. The Morgan fingerprint density at radius 2 is 2.19 bits per heavy atom. The van der Waals surface area contributed by atoms with Crippen LogP contribution in [0.1, 0.15) is 10.4 Å². The summed E-state index contributed by atoms with van der Waals surface area (Å²) in [5.41, 5.74) is 0.946. The Kier molecular flexibility index (Phi) is 5.69. The van der Waals surface area contributed by atoms with Gasteiger partial charge < -0.3 is 15.4 Å². The summed E-state index contributed by atoms with van der Waals surface area (Å²) in [6.07, 6.45) is 3.14. The van der Waals surface area contributed by atoms with Crippen molar-refractivity contribution < 1.29 is 13.9 Å². The van der Waals surface area contributed by atoms with Crippen molar-refractivity contribution in [2.24, 2.45) is 0 Å². The number of ether oxygens (including phenoxy) is 1. The normalized spacial score (nSPS) is 10.8. The molecule has 0 aliphatic heterocycles. The molecule has 2 aromatic heterocycles. The lowest BCUT2D eigenvalue weighted by Crippen LogP contribution is -2.27. The molecular weight excluding hydrogens is 339 g/mol. The molecule has 3 rings (SSSR count). The number of methoxy groups -OCH3 is 1. The predicted octanol–water partition coefficient (Wildman–Crippen LogP) is 1.45. The molecule has 0 radical (unpaired) electrons. The third-order valence-electron chi connectivity index (χ3n) is 3.73. The first-order valence-corrected chi connectivity index (χ1v) is 8.12. The van der Waals surface area contributed by atoms with Gasteiger partial charge in [0.05, 0.1) is 24.7 Å². The molecule has 0 bridgehead atoms. The molecule has 9 heteroatoms. The Balaban J connectivity index is 1.62. The fraction of sp³-hybridized carbons (Fsp3) is 0.294. The zero-order valence-electron chi connectivity index (χ0n) is 14.3. The van der Waals surface area contributed by atoms with Crippen molar-refractivity contribution in [2.75, 3.05) is 32.1 Å². The Bertz CT molecular complexity index is 898. The van der Waals surface area contributed by atoms with E-state index in [1.807, 2.05) is 0 Å². The van der Waals surface area contributed by atoms with E-state index in [0.717, 1.165) is 5.39 Å². The molecule has 0 aliphatic carbocycles. The number of fused-ring (bicyclic) bond motifs is 1. The number of halogens is 1. The number of aromatic nitrogens is 4. The van der Waals surface area contributed by atoms with Crippen molar-refractivity contribution in [1.29, 1.82) is 0 Å². The van der Waals surface area contributed by atoms with Crippen LogP contribution in [0.4, 0.5) is 10.2 Å². The molecule has 26 heavy (non-hydrogen) atoms. The van der Waals surface area contributed by atoms with E-state index >= 15 is 0 Å². The van der Waals surface area contributed by atoms with Crippen LogP contribution in [0.5, 0.6) is 0 Å². The van der Waals surface area contributed by atoms with Gasteiger partial charge in [-0.1, -0.05) is 6.07 Å². The third-order valence-corrected chi connectivity index (χ3v) is 3.73. The van der Waals surface area contributed by atoms with Crippen LogP contribution in [0.25, 0.3) is 11.0 Å². The lowest BCUT2D eigenvalue weighted by Gasteiger charge is -2.07. The van der Waals surface area contributed by atoms with Crippen molar-refractivity contribution >= 4 is 22.8 Å². The minimum atomic E-state index is -0.444. The predicted molar refractivity (Wildman–Crippen MR) is 94.4 cm³/mol. The molecule has 0 saturated carbocycles. The smallest absolute Gasteiger partial charge is 0.251 e. The Morgan fingerprint density at radius 1 is 1.31 bits per heavy atom. The number of benzene rings is 1. The van der Waals surface area contributed by atoms with Crippen molar-refractivity contribution in [1.82, 2.24) is 25.1 Å². The lowest BCUT2D eigenvalue weighted by atomic mass is 10.2. The Hall–Kier alpha value is -3.07. The standard InChI is InChI=1S/C17H19FN6O2/c1-26-8-6-19-15-14-10-23-24(16(14)22-11-21-15)7-5-20-17(25)12-3-2-4-13(18)9-12/h2-4,9-11H,5-8H2,1H3,(H,20,25)(H,19,21,22). The van der Waals surface area contributed by atoms with Crippen LogP contribution in [0.2, 0.25) is 0 Å². The second-order valence-corrected chi connectivity index (χ2v) is 5.51. The molecule has 2 heterocycles. The minimum Gasteiger partial charge on any atom is -0.383 e. The van der Waals surface area contributed by atoms with E-state index in [-0.39, 0.29) is 11.5 Å². The van der Waals surface area contributed by atoms with Crippen LogP contribution in [0, 0.1) is 5.82 Å². The quantitative estimate of drug-likeness (QED) is 0.592. The van der Waals surface area contributed by atoms with Gasteiger partial charge in [0.25, 0.3) is 5.91 Å². The van der Waals surface area contributed by atoms with Crippen molar-refractivity contribution in [3.8, 4) is 0 Å². The topological polar surface area (TPSA) is 94.0 Å². The van der Waals surface area contributed by atoms with Gasteiger partial charge in [-0.05, 0) is 18.2 Å². The first-order chi connectivity index (χ1) is 12.7. The average Bonchev–Trinajstić information content (AvgIpc) is 3.06. The number of nitrogens with one attached hydrogen (secondary N) is 2. The van der Waals surface area contributed by atoms with Crippen LogP contribution in [0.15, 0.2) is 36.8 Å². The van der Waals surface area contributed by atoms with Gasteiger partial charge in [0.2, 0.25) is 0 Å². The maximum atomic E-state index is 13.2. The van der Waals surface area contributed by atoms with Crippen LogP contribution >= 0.6 is 0 Å².